The van der Waals surface area contributed by atoms with Gasteiger partial charge in [0.2, 0.25) is 5.91 Å². The van der Waals surface area contributed by atoms with Crippen molar-refractivity contribution < 1.29 is 13.6 Å². The average Bonchev–Trinajstić information content (AvgIpc) is 3.24. The summed E-state index contributed by atoms with van der Waals surface area (Å²) in [6.45, 7) is 0. The summed E-state index contributed by atoms with van der Waals surface area (Å²) in [6, 6.07) is 9.93. The molecule has 108 valence electrons. The molecule has 0 aromatic heterocycles. The van der Waals surface area contributed by atoms with Gasteiger partial charge >= 0.3 is 0 Å². The number of hydrogen-bond donors (Lipinski definition) is 1. The van der Waals surface area contributed by atoms with Crippen LogP contribution in [0.5, 0.6) is 0 Å². The van der Waals surface area contributed by atoms with Gasteiger partial charge in [-0.05, 0) is 48.7 Å². The molecular formula is C16H12ClF2NO. The second-order valence-electron chi connectivity index (χ2n) is 5.17. The van der Waals surface area contributed by atoms with Gasteiger partial charge in [0.15, 0.2) is 0 Å². The van der Waals surface area contributed by atoms with Crippen LogP contribution in [0.3, 0.4) is 0 Å². The van der Waals surface area contributed by atoms with E-state index in [-0.39, 0.29) is 22.4 Å². The molecule has 2 aromatic carbocycles. The van der Waals surface area contributed by atoms with Crippen LogP contribution in [0.4, 0.5) is 14.5 Å². The average molecular weight is 308 g/mol. The first-order valence-corrected chi connectivity index (χ1v) is 6.92. The van der Waals surface area contributed by atoms with E-state index in [0.29, 0.717) is 12.8 Å². The first-order chi connectivity index (χ1) is 10.0. The Morgan fingerprint density at radius 1 is 1.10 bits per heavy atom. The van der Waals surface area contributed by atoms with Crippen LogP contribution in [-0.4, -0.2) is 5.91 Å². The molecule has 0 aliphatic heterocycles. The molecule has 1 fully saturated rings. The molecule has 0 unspecified atom stereocenters. The van der Waals surface area contributed by atoms with E-state index in [4.69, 9.17) is 11.6 Å². The fourth-order valence-corrected chi connectivity index (χ4v) is 2.53. The minimum atomic E-state index is -0.681. The highest BCUT2D eigenvalue weighted by molar-refractivity contribution is 6.30. The van der Waals surface area contributed by atoms with Gasteiger partial charge in [-0.3, -0.25) is 4.79 Å². The van der Waals surface area contributed by atoms with Crippen molar-refractivity contribution in [3.63, 3.8) is 0 Å². The summed E-state index contributed by atoms with van der Waals surface area (Å²) in [5.74, 6) is -1.21. The highest BCUT2D eigenvalue weighted by atomic mass is 35.5. The van der Waals surface area contributed by atoms with Crippen LogP contribution in [0, 0.1) is 11.6 Å². The lowest BCUT2D eigenvalue weighted by Crippen LogP contribution is -2.28. The van der Waals surface area contributed by atoms with Crippen molar-refractivity contribution in [3.8, 4) is 0 Å². The third kappa shape index (κ3) is 2.63. The van der Waals surface area contributed by atoms with Gasteiger partial charge in [0.25, 0.3) is 0 Å². The monoisotopic (exact) mass is 307 g/mol. The molecule has 2 aromatic rings. The molecule has 1 saturated carbocycles. The number of hydrogen-bond acceptors (Lipinski definition) is 1. The predicted molar refractivity (Wildman–Crippen MR) is 77.4 cm³/mol. The van der Waals surface area contributed by atoms with Gasteiger partial charge in [-0.2, -0.15) is 0 Å². The van der Waals surface area contributed by atoms with E-state index in [2.05, 4.69) is 5.32 Å². The van der Waals surface area contributed by atoms with Crippen LogP contribution in [0.15, 0.2) is 42.5 Å². The summed E-state index contributed by atoms with van der Waals surface area (Å²) in [4.78, 5) is 12.4. The Morgan fingerprint density at radius 2 is 1.76 bits per heavy atom. The first kappa shape index (κ1) is 14.0. The summed E-state index contributed by atoms with van der Waals surface area (Å²) in [5, 5.41) is 2.86. The van der Waals surface area contributed by atoms with Crippen LogP contribution in [0.1, 0.15) is 18.4 Å². The van der Waals surface area contributed by atoms with Gasteiger partial charge in [0.1, 0.15) is 11.6 Å². The topological polar surface area (TPSA) is 29.1 Å². The quantitative estimate of drug-likeness (QED) is 0.900. The zero-order valence-corrected chi connectivity index (χ0v) is 11.8. The maximum Gasteiger partial charge on any atom is 0.235 e. The van der Waals surface area contributed by atoms with Crippen molar-refractivity contribution in [2.24, 2.45) is 0 Å². The summed E-state index contributed by atoms with van der Waals surface area (Å²) in [5.41, 5.74) is 0.160. The van der Waals surface area contributed by atoms with E-state index in [1.165, 1.54) is 24.3 Å². The van der Waals surface area contributed by atoms with Crippen molar-refractivity contribution in [1.29, 1.82) is 0 Å². The molecule has 5 heteroatoms. The number of rotatable bonds is 3. The van der Waals surface area contributed by atoms with E-state index in [0.717, 1.165) is 11.6 Å². The van der Waals surface area contributed by atoms with E-state index < -0.39 is 11.2 Å². The Labute approximate surface area is 125 Å². The molecular weight excluding hydrogens is 296 g/mol. The molecule has 0 spiro atoms. The van der Waals surface area contributed by atoms with Crippen LogP contribution in [0.2, 0.25) is 5.02 Å². The van der Waals surface area contributed by atoms with Gasteiger partial charge in [-0.1, -0.05) is 23.7 Å². The SMILES string of the molecule is O=C(Nc1ccc(Cl)cc1F)C1(c2ccc(F)cc2)CC1. The van der Waals surface area contributed by atoms with Crippen LogP contribution in [-0.2, 0) is 10.2 Å². The molecule has 1 aliphatic carbocycles. The van der Waals surface area contributed by atoms with E-state index in [1.807, 2.05) is 0 Å². The fraction of sp³-hybridized carbons (Fsp3) is 0.188. The first-order valence-electron chi connectivity index (χ1n) is 6.54. The molecule has 1 aliphatic rings. The third-order valence-electron chi connectivity index (χ3n) is 3.76. The standard InChI is InChI=1S/C16H12ClF2NO/c17-11-3-6-14(13(19)9-11)20-15(21)16(7-8-16)10-1-4-12(18)5-2-10/h1-6,9H,7-8H2,(H,20,21). The van der Waals surface area contributed by atoms with Crippen molar-refractivity contribution in [1.82, 2.24) is 0 Å². The summed E-state index contributed by atoms with van der Waals surface area (Å²) < 4.78 is 26.7. The second kappa shape index (κ2) is 5.11. The Hall–Kier alpha value is -1.94. The normalized spacial score (nSPS) is 15.6. The molecule has 21 heavy (non-hydrogen) atoms. The number of amides is 1. The Bertz CT molecular complexity index is 696. The van der Waals surface area contributed by atoms with E-state index in [1.54, 1.807) is 12.1 Å². The number of carbonyl (C=O) groups is 1. The van der Waals surface area contributed by atoms with Gasteiger partial charge < -0.3 is 5.32 Å². The van der Waals surface area contributed by atoms with Crippen molar-refractivity contribution in [3.05, 3.63) is 64.7 Å². The van der Waals surface area contributed by atoms with Crippen LogP contribution < -0.4 is 5.32 Å². The van der Waals surface area contributed by atoms with Crippen molar-refractivity contribution in [2.45, 2.75) is 18.3 Å². The molecule has 0 saturated heterocycles. The maximum absolute atomic E-state index is 13.7. The number of nitrogens with one attached hydrogen (secondary N) is 1. The minimum Gasteiger partial charge on any atom is -0.323 e. The molecule has 0 heterocycles. The van der Waals surface area contributed by atoms with E-state index in [9.17, 15) is 13.6 Å². The zero-order chi connectivity index (χ0) is 15.0. The van der Waals surface area contributed by atoms with E-state index >= 15 is 0 Å². The molecule has 0 bridgehead atoms. The molecule has 0 atom stereocenters. The zero-order valence-electron chi connectivity index (χ0n) is 11.0. The Kier molecular flexibility index (Phi) is 3.41. The molecule has 0 radical (unpaired) electrons. The van der Waals surface area contributed by atoms with Crippen molar-refractivity contribution in [2.75, 3.05) is 5.32 Å². The highest BCUT2D eigenvalue weighted by Gasteiger charge is 2.51. The summed E-state index contributed by atoms with van der Waals surface area (Å²) >= 11 is 5.68. The summed E-state index contributed by atoms with van der Waals surface area (Å²) in [7, 11) is 0. The molecule has 3 rings (SSSR count). The number of anilines is 1. The molecule has 1 amide bonds. The maximum atomic E-state index is 13.7. The van der Waals surface area contributed by atoms with Crippen LogP contribution in [0.25, 0.3) is 0 Å². The molecule has 1 N–H and O–H groups in total. The number of halogens is 3. The lowest BCUT2D eigenvalue weighted by molar-refractivity contribution is -0.118. The Morgan fingerprint density at radius 3 is 2.33 bits per heavy atom. The largest absolute Gasteiger partial charge is 0.323 e. The van der Waals surface area contributed by atoms with Gasteiger partial charge in [0.05, 0.1) is 11.1 Å². The van der Waals surface area contributed by atoms with Crippen LogP contribution >= 0.6 is 11.6 Å². The lowest BCUT2D eigenvalue weighted by atomic mass is 9.95. The van der Waals surface area contributed by atoms with Gasteiger partial charge in [0, 0.05) is 5.02 Å². The fourth-order valence-electron chi connectivity index (χ4n) is 2.37. The third-order valence-corrected chi connectivity index (χ3v) is 4.00. The summed E-state index contributed by atoms with van der Waals surface area (Å²) in [6.07, 6.45) is 1.33. The highest BCUT2D eigenvalue weighted by Crippen LogP contribution is 2.49. The number of carbonyl (C=O) groups excluding carboxylic acids is 1. The second-order valence-corrected chi connectivity index (χ2v) is 5.60. The number of benzene rings is 2. The smallest absolute Gasteiger partial charge is 0.235 e. The predicted octanol–water partition coefficient (Wildman–Crippen LogP) is 4.29. The molecule has 2 nitrogen and oxygen atoms in total. The van der Waals surface area contributed by atoms with Gasteiger partial charge in [-0.15, -0.1) is 0 Å². The Balaban J connectivity index is 1.83. The van der Waals surface area contributed by atoms with Gasteiger partial charge in [-0.25, -0.2) is 8.78 Å². The van der Waals surface area contributed by atoms with Crippen molar-refractivity contribution >= 4 is 23.2 Å². The lowest BCUT2D eigenvalue weighted by Gasteiger charge is -2.16. The minimum absolute atomic E-state index is 0.0952.